The molecule has 0 fully saturated rings. The van der Waals surface area contributed by atoms with Crippen LogP contribution in [-0.2, 0) is 0 Å². The van der Waals surface area contributed by atoms with Crippen LogP contribution >= 0.6 is 0 Å². The summed E-state index contributed by atoms with van der Waals surface area (Å²) in [7, 11) is 1.61. The van der Waals surface area contributed by atoms with Crippen molar-refractivity contribution in [2.45, 2.75) is 6.92 Å². The second kappa shape index (κ2) is 4.28. The Morgan fingerprint density at radius 2 is 2.11 bits per heavy atom. The Hall–Kier alpha value is -2.56. The molecule has 0 aliphatic rings. The van der Waals surface area contributed by atoms with Gasteiger partial charge in [-0.05, 0) is 13.0 Å². The van der Waals surface area contributed by atoms with Crippen molar-refractivity contribution in [3.63, 3.8) is 0 Å². The van der Waals surface area contributed by atoms with Crippen molar-refractivity contribution in [3.8, 4) is 22.8 Å². The zero-order valence-corrected chi connectivity index (χ0v) is 10.7. The third-order valence-electron chi connectivity index (χ3n) is 3.08. The van der Waals surface area contributed by atoms with Crippen LogP contribution in [0.3, 0.4) is 0 Å². The zero-order valence-electron chi connectivity index (χ0n) is 10.7. The van der Waals surface area contributed by atoms with Gasteiger partial charge >= 0.3 is 0 Å². The highest BCUT2D eigenvalue weighted by atomic mass is 16.5. The van der Waals surface area contributed by atoms with Gasteiger partial charge in [0.25, 0.3) is 5.75 Å². The third kappa shape index (κ3) is 1.79. The fourth-order valence-corrected chi connectivity index (χ4v) is 2.20. The Bertz CT molecular complexity index is 750. The maximum Gasteiger partial charge on any atom is 0.257 e. The Kier molecular flexibility index (Phi) is 2.59. The van der Waals surface area contributed by atoms with Crippen LogP contribution in [0.2, 0.25) is 0 Å². The number of imidazole rings is 1. The van der Waals surface area contributed by atoms with Gasteiger partial charge in [0.15, 0.2) is 5.65 Å². The average Bonchev–Trinajstić information content (AvgIpc) is 2.87. The molecule has 0 bridgehead atoms. The molecule has 0 amide bonds. The Morgan fingerprint density at radius 3 is 2.89 bits per heavy atom. The number of hydrogen-bond donors (Lipinski definition) is 0. The lowest BCUT2D eigenvalue weighted by atomic mass is 10.1. The SMILES string of the molecule is COc1cc([OH2+])ccc1-c1c(C)ncc2nccn12. The van der Waals surface area contributed by atoms with Crippen LogP contribution in [-0.4, -0.2) is 26.6 Å². The van der Waals surface area contributed by atoms with Crippen molar-refractivity contribution in [2.24, 2.45) is 0 Å². The summed E-state index contributed by atoms with van der Waals surface area (Å²) >= 11 is 0. The van der Waals surface area contributed by atoms with Crippen molar-refractivity contribution < 1.29 is 9.84 Å². The number of rotatable bonds is 2. The monoisotopic (exact) mass is 256 g/mol. The first kappa shape index (κ1) is 11.5. The van der Waals surface area contributed by atoms with Gasteiger partial charge in [-0.3, -0.25) is 9.38 Å². The Labute approximate surface area is 110 Å². The first-order valence-electron chi connectivity index (χ1n) is 5.89. The van der Waals surface area contributed by atoms with Gasteiger partial charge in [0.2, 0.25) is 0 Å². The molecule has 3 rings (SSSR count). The predicted octanol–water partition coefficient (Wildman–Crippen LogP) is 2.15. The van der Waals surface area contributed by atoms with Gasteiger partial charge in [0, 0.05) is 24.0 Å². The molecule has 0 spiro atoms. The van der Waals surface area contributed by atoms with E-state index in [4.69, 9.17) is 9.84 Å². The lowest BCUT2D eigenvalue weighted by Gasteiger charge is -2.12. The zero-order chi connectivity index (χ0) is 13.4. The van der Waals surface area contributed by atoms with E-state index in [2.05, 4.69) is 9.97 Å². The van der Waals surface area contributed by atoms with Crippen molar-refractivity contribution in [1.82, 2.24) is 14.4 Å². The van der Waals surface area contributed by atoms with E-state index in [-0.39, 0.29) is 0 Å². The van der Waals surface area contributed by atoms with Gasteiger partial charge in [-0.15, -0.1) is 0 Å². The van der Waals surface area contributed by atoms with Gasteiger partial charge in [-0.2, -0.15) is 0 Å². The maximum absolute atomic E-state index is 7.67. The lowest BCUT2D eigenvalue weighted by molar-refractivity contribution is 0.409. The van der Waals surface area contributed by atoms with Crippen molar-refractivity contribution in [2.75, 3.05) is 7.11 Å². The first-order valence-corrected chi connectivity index (χ1v) is 5.89. The number of aromatic nitrogens is 3. The second-order valence-corrected chi connectivity index (χ2v) is 4.26. The topological polar surface area (TPSA) is 62.3 Å². The van der Waals surface area contributed by atoms with Gasteiger partial charge < -0.3 is 9.84 Å². The van der Waals surface area contributed by atoms with Gasteiger partial charge in [-0.25, -0.2) is 4.98 Å². The minimum absolute atomic E-state index is 0.420. The van der Waals surface area contributed by atoms with Crippen LogP contribution in [0.1, 0.15) is 5.69 Å². The minimum Gasteiger partial charge on any atom is -0.593 e. The predicted molar refractivity (Wildman–Crippen MR) is 72.8 cm³/mol. The maximum atomic E-state index is 7.67. The van der Waals surface area contributed by atoms with E-state index in [1.54, 1.807) is 31.6 Å². The van der Waals surface area contributed by atoms with Gasteiger partial charge in [0.05, 0.1) is 30.8 Å². The molecule has 19 heavy (non-hydrogen) atoms. The van der Waals surface area contributed by atoms with Crippen LogP contribution in [0.5, 0.6) is 11.5 Å². The highest BCUT2D eigenvalue weighted by Gasteiger charge is 2.15. The van der Waals surface area contributed by atoms with Crippen molar-refractivity contribution >= 4 is 5.65 Å². The van der Waals surface area contributed by atoms with E-state index >= 15 is 0 Å². The number of aryl methyl sites for hydroxylation is 1. The van der Waals surface area contributed by atoms with E-state index in [1.807, 2.05) is 23.6 Å². The molecule has 2 heterocycles. The van der Waals surface area contributed by atoms with Gasteiger partial charge in [0.1, 0.15) is 5.75 Å². The van der Waals surface area contributed by atoms with Crippen molar-refractivity contribution in [3.05, 3.63) is 42.5 Å². The third-order valence-corrected chi connectivity index (χ3v) is 3.08. The summed E-state index contributed by atoms with van der Waals surface area (Å²) in [5.74, 6) is 1.09. The molecule has 0 saturated heterocycles. The quantitative estimate of drug-likeness (QED) is 0.660. The van der Waals surface area contributed by atoms with E-state index < -0.39 is 0 Å². The molecule has 0 atom stereocenters. The van der Waals surface area contributed by atoms with Crippen LogP contribution in [0, 0.1) is 6.92 Å². The fraction of sp³-hybridized carbons (Fsp3) is 0.143. The summed E-state index contributed by atoms with van der Waals surface area (Å²) in [5.41, 5.74) is 3.53. The molecule has 0 saturated carbocycles. The summed E-state index contributed by atoms with van der Waals surface area (Å²) < 4.78 is 7.36. The molecule has 2 N–H and O–H groups in total. The van der Waals surface area contributed by atoms with E-state index in [0.717, 1.165) is 22.6 Å². The smallest absolute Gasteiger partial charge is 0.257 e. The highest BCUT2D eigenvalue weighted by Crippen LogP contribution is 2.34. The second-order valence-electron chi connectivity index (χ2n) is 4.26. The largest absolute Gasteiger partial charge is 0.593 e. The lowest BCUT2D eigenvalue weighted by Crippen LogP contribution is -1.99. The Balaban J connectivity index is 2.35. The number of benzene rings is 1. The summed E-state index contributed by atoms with van der Waals surface area (Å²) in [6.45, 7) is 1.95. The van der Waals surface area contributed by atoms with E-state index in [9.17, 15) is 0 Å². The molecular weight excluding hydrogens is 242 g/mol. The number of ether oxygens (including phenoxy) is 1. The summed E-state index contributed by atoms with van der Waals surface area (Å²) in [6.07, 6.45) is 5.38. The number of nitrogens with zero attached hydrogens (tertiary/aromatic N) is 3. The molecule has 96 valence electrons. The first-order chi connectivity index (χ1) is 9.20. The summed E-state index contributed by atoms with van der Waals surface area (Å²) in [6, 6.07) is 5.32. The number of fused-ring (bicyclic) bond motifs is 1. The normalized spacial score (nSPS) is 10.8. The number of hydrogen-bond acceptors (Lipinski definition) is 3. The molecule has 5 heteroatoms. The minimum atomic E-state index is 0.420. The van der Waals surface area contributed by atoms with Crippen LogP contribution < -0.4 is 4.74 Å². The molecular formula is C14H14N3O2+. The number of methoxy groups -OCH3 is 1. The molecule has 2 aromatic heterocycles. The molecule has 0 radical (unpaired) electrons. The molecule has 5 nitrogen and oxygen atoms in total. The van der Waals surface area contributed by atoms with Crippen LogP contribution in [0.4, 0.5) is 0 Å². The van der Waals surface area contributed by atoms with E-state index in [1.165, 1.54) is 0 Å². The van der Waals surface area contributed by atoms with Crippen LogP contribution in [0.15, 0.2) is 36.8 Å². The highest BCUT2D eigenvalue weighted by molar-refractivity contribution is 5.72. The van der Waals surface area contributed by atoms with E-state index in [0.29, 0.717) is 11.5 Å². The van der Waals surface area contributed by atoms with Crippen LogP contribution in [0.25, 0.3) is 16.9 Å². The molecule has 0 aliphatic carbocycles. The average molecular weight is 256 g/mol. The molecule has 0 aliphatic heterocycles. The molecule has 1 aromatic carbocycles. The summed E-state index contributed by atoms with van der Waals surface area (Å²) in [5, 5.41) is 7.67. The molecule has 3 aromatic rings. The summed E-state index contributed by atoms with van der Waals surface area (Å²) in [4.78, 5) is 8.61. The van der Waals surface area contributed by atoms with Gasteiger partial charge in [-0.1, -0.05) is 0 Å². The fourth-order valence-electron chi connectivity index (χ4n) is 2.20. The standard InChI is InChI=1S/C14H13N3O2/c1-9-14(17-6-5-15-13(17)8-16-9)11-4-3-10(18)7-12(11)19-2/h3-8,18H,1-2H3/p+1. The van der Waals surface area contributed by atoms with Crippen molar-refractivity contribution in [1.29, 1.82) is 0 Å². The Morgan fingerprint density at radius 1 is 1.26 bits per heavy atom. The molecule has 0 unspecified atom stereocenters.